The van der Waals surface area contributed by atoms with Gasteiger partial charge in [-0.25, -0.2) is 4.98 Å². The van der Waals surface area contributed by atoms with Crippen molar-refractivity contribution in [3.63, 3.8) is 0 Å². The van der Waals surface area contributed by atoms with Gasteiger partial charge in [-0.1, -0.05) is 6.07 Å². The molecule has 0 bridgehead atoms. The molecule has 0 unspecified atom stereocenters. The average Bonchev–Trinajstić information content (AvgIpc) is 3.15. The van der Waals surface area contributed by atoms with Crippen LogP contribution in [0.5, 0.6) is 5.88 Å². The van der Waals surface area contributed by atoms with Gasteiger partial charge in [-0.3, -0.25) is 14.5 Å². The fourth-order valence-electron chi connectivity index (χ4n) is 3.13. The van der Waals surface area contributed by atoms with Crippen molar-refractivity contribution in [2.45, 2.75) is 19.5 Å². The number of hydrogen-bond donors (Lipinski definition) is 0. The highest BCUT2D eigenvalue weighted by molar-refractivity contribution is 5.94. The van der Waals surface area contributed by atoms with Gasteiger partial charge in [-0.2, -0.15) is 5.10 Å². The summed E-state index contributed by atoms with van der Waals surface area (Å²) in [5.41, 5.74) is 2.55. The summed E-state index contributed by atoms with van der Waals surface area (Å²) < 4.78 is 7.73. The smallest absolute Gasteiger partial charge is 0.255 e. The monoisotopic (exact) mass is 349 g/mol. The van der Waals surface area contributed by atoms with E-state index in [9.17, 15) is 4.79 Å². The van der Waals surface area contributed by atoms with Crippen molar-refractivity contribution < 1.29 is 9.53 Å². The van der Waals surface area contributed by atoms with Crippen LogP contribution in [-0.2, 0) is 6.54 Å². The van der Waals surface area contributed by atoms with Crippen LogP contribution in [0.15, 0.2) is 55.1 Å². The number of aryl methyl sites for hydroxylation is 1. The van der Waals surface area contributed by atoms with Crippen LogP contribution < -0.4 is 4.74 Å². The minimum Gasteiger partial charge on any atom is -0.475 e. The van der Waals surface area contributed by atoms with Crippen molar-refractivity contribution >= 4 is 5.91 Å². The molecule has 0 saturated carbocycles. The molecule has 26 heavy (non-hydrogen) atoms. The first kappa shape index (κ1) is 16.3. The summed E-state index contributed by atoms with van der Waals surface area (Å²) >= 11 is 0. The zero-order valence-corrected chi connectivity index (χ0v) is 14.4. The number of carbonyl (C=O) groups excluding carboxylic acids is 1. The number of pyridine rings is 2. The van der Waals surface area contributed by atoms with Gasteiger partial charge in [0.1, 0.15) is 12.6 Å². The third-order valence-corrected chi connectivity index (χ3v) is 4.35. The molecule has 4 heterocycles. The maximum Gasteiger partial charge on any atom is 0.255 e. The van der Waals surface area contributed by atoms with Gasteiger partial charge in [-0.05, 0) is 30.7 Å². The fraction of sp³-hybridized carbons (Fsp3) is 0.263. The summed E-state index contributed by atoms with van der Waals surface area (Å²) in [7, 11) is 0. The number of rotatable bonds is 4. The molecule has 0 fully saturated rings. The lowest BCUT2D eigenvalue weighted by Crippen LogP contribution is -2.43. The molecule has 132 valence electrons. The molecule has 0 aromatic carbocycles. The molecule has 3 aromatic heterocycles. The number of amides is 1. The SMILES string of the molecule is Cc1cncc(C(=O)N2Cc3ccnn3[C@H](COc3ccccn3)C2)c1. The highest BCUT2D eigenvalue weighted by Crippen LogP contribution is 2.23. The zero-order valence-electron chi connectivity index (χ0n) is 14.4. The fourth-order valence-corrected chi connectivity index (χ4v) is 3.13. The minimum atomic E-state index is -0.0718. The van der Waals surface area contributed by atoms with Crippen molar-refractivity contribution in [1.29, 1.82) is 0 Å². The van der Waals surface area contributed by atoms with Crippen molar-refractivity contribution in [2.75, 3.05) is 13.2 Å². The summed E-state index contributed by atoms with van der Waals surface area (Å²) in [6.07, 6.45) is 6.80. The van der Waals surface area contributed by atoms with Gasteiger partial charge in [0.05, 0.1) is 17.8 Å². The molecule has 1 amide bonds. The molecule has 3 aromatic rings. The Morgan fingerprint density at radius 1 is 1.27 bits per heavy atom. The predicted octanol–water partition coefficient (Wildman–Crippen LogP) is 2.26. The van der Waals surface area contributed by atoms with Crippen molar-refractivity contribution in [1.82, 2.24) is 24.6 Å². The maximum absolute atomic E-state index is 12.9. The van der Waals surface area contributed by atoms with Crippen LogP contribution in [0.2, 0.25) is 0 Å². The Labute approximate surface area is 151 Å². The molecule has 0 N–H and O–H groups in total. The molecule has 7 nitrogen and oxygen atoms in total. The Morgan fingerprint density at radius 2 is 2.19 bits per heavy atom. The van der Waals surface area contributed by atoms with E-state index < -0.39 is 0 Å². The van der Waals surface area contributed by atoms with Crippen molar-refractivity contribution in [3.05, 3.63) is 71.9 Å². The molecule has 0 spiro atoms. The van der Waals surface area contributed by atoms with Gasteiger partial charge < -0.3 is 9.64 Å². The van der Waals surface area contributed by atoms with Crippen LogP contribution in [0, 0.1) is 6.92 Å². The summed E-state index contributed by atoms with van der Waals surface area (Å²) in [5, 5.41) is 4.40. The quantitative estimate of drug-likeness (QED) is 0.722. The lowest BCUT2D eigenvalue weighted by atomic mass is 10.1. The van der Waals surface area contributed by atoms with E-state index in [2.05, 4.69) is 15.1 Å². The Balaban J connectivity index is 1.53. The Hall–Kier alpha value is -3.22. The minimum absolute atomic E-state index is 0.0310. The molecule has 0 aliphatic carbocycles. The summed E-state index contributed by atoms with van der Waals surface area (Å²) in [6, 6.07) is 9.26. The number of carbonyl (C=O) groups is 1. The van der Waals surface area contributed by atoms with Crippen LogP contribution >= 0.6 is 0 Å². The maximum atomic E-state index is 12.9. The Kier molecular flexibility index (Phi) is 4.35. The average molecular weight is 349 g/mol. The molecule has 0 radical (unpaired) electrons. The lowest BCUT2D eigenvalue weighted by Gasteiger charge is -2.33. The first-order valence-electron chi connectivity index (χ1n) is 8.48. The van der Waals surface area contributed by atoms with Crippen LogP contribution in [0.3, 0.4) is 0 Å². The van der Waals surface area contributed by atoms with Gasteiger partial charge in [0.25, 0.3) is 5.91 Å². The molecule has 1 atom stereocenters. The van der Waals surface area contributed by atoms with E-state index >= 15 is 0 Å². The topological polar surface area (TPSA) is 73.1 Å². The second kappa shape index (κ2) is 6.95. The third-order valence-electron chi connectivity index (χ3n) is 4.35. The molecule has 0 saturated heterocycles. The van der Waals surface area contributed by atoms with Crippen molar-refractivity contribution in [2.24, 2.45) is 0 Å². The molecule has 4 rings (SSSR count). The van der Waals surface area contributed by atoms with Crippen molar-refractivity contribution in [3.8, 4) is 5.88 Å². The van der Waals surface area contributed by atoms with Gasteiger partial charge in [0.15, 0.2) is 0 Å². The summed E-state index contributed by atoms with van der Waals surface area (Å²) in [5.74, 6) is 0.532. The van der Waals surface area contributed by atoms with E-state index in [4.69, 9.17) is 4.74 Å². The third kappa shape index (κ3) is 3.28. The van der Waals surface area contributed by atoms with Crippen LogP contribution in [0.1, 0.15) is 27.7 Å². The number of aromatic nitrogens is 4. The molecular formula is C19H19N5O2. The van der Waals surface area contributed by atoms with Crippen LogP contribution in [0.25, 0.3) is 0 Å². The molecule has 1 aliphatic heterocycles. The Morgan fingerprint density at radius 3 is 3.00 bits per heavy atom. The predicted molar refractivity (Wildman–Crippen MR) is 94.7 cm³/mol. The lowest BCUT2D eigenvalue weighted by molar-refractivity contribution is 0.0631. The van der Waals surface area contributed by atoms with Crippen LogP contribution in [0.4, 0.5) is 0 Å². The standard InChI is InChI=1S/C19H19N5O2/c1-14-8-15(10-20-9-14)19(25)23-11-16-5-7-22-24(16)17(12-23)13-26-18-4-2-3-6-21-18/h2-10,17H,11-13H2,1H3/t17-/m0/s1. The number of hydrogen-bond acceptors (Lipinski definition) is 5. The van der Waals surface area contributed by atoms with Gasteiger partial charge >= 0.3 is 0 Å². The second-order valence-electron chi connectivity index (χ2n) is 6.34. The van der Waals surface area contributed by atoms with Crippen LogP contribution in [-0.4, -0.2) is 43.7 Å². The normalized spacial score (nSPS) is 16.2. The summed E-state index contributed by atoms with van der Waals surface area (Å²) in [6.45, 7) is 3.36. The molecule has 7 heteroatoms. The first-order chi connectivity index (χ1) is 12.7. The summed E-state index contributed by atoms with van der Waals surface area (Å²) in [4.78, 5) is 23.0. The number of nitrogens with zero attached hydrogens (tertiary/aromatic N) is 5. The number of fused-ring (bicyclic) bond motifs is 1. The first-order valence-corrected chi connectivity index (χ1v) is 8.48. The van der Waals surface area contributed by atoms with E-state index in [0.717, 1.165) is 11.3 Å². The molecular weight excluding hydrogens is 330 g/mol. The van der Waals surface area contributed by atoms with Gasteiger partial charge in [-0.15, -0.1) is 0 Å². The van der Waals surface area contributed by atoms with E-state index in [0.29, 0.717) is 31.1 Å². The van der Waals surface area contributed by atoms with E-state index in [1.807, 2.05) is 46.8 Å². The van der Waals surface area contributed by atoms with E-state index in [1.165, 1.54) is 0 Å². The van der Waals surface area contributed by atoms with Gasteiger partial charge in [0.2, 0.25) is 5.88 Å². The highest BCUT2D eigenvalue weighted by atomic mass is 16.5. The largest absolute Gasteiger partial charge is 0.475 e. The van der Waals surface area contributed by atoms with E-state index in [1.54, 1.807) is 24.8 Å². The van der Waals surface area contributed by atoms with E-state index in [-0.39, 0.29) is 11.9 Å². The zero-order chi connectivity index (χ0) is 17.9. The van der Waals surface area contributed by atoms with Gasteiger partial charge in [0, 0.05) is 37.4 Å². The second-order valence-corrected chi connectivity index (χ2v) is 6.34. The number of ether oxygens (including phenoxy) is 1. The molecule has 1 aliphatic rings. The highest BCUT2D eigenvalue weighted by Gasteiger charge is 2.29. The Bertz CT molecular complexity index is 909.